The fraction of sp³-hybridized carbons (Fsp3) is 0.526. The smallest absolute Gasteiger partial charge is 0.317 e. The minimum atomic E-state index is -0.927. The third-order valence-corrected chi connectivity index (χ3v) is 5.82. The first-order chi connectivity index (χ1) is 12.4. The molecule has 1 atom stereocenters. The predicted molar refractivity (Wildman–Crippen MR) is 95.6 cm³/mol. The highest BCUT2D eigenvalue weighted by Gasteiger charge is 2.55. The minimum Gasteiger partial charge on any atom is -0.481 e. The molecule has 7 heteroatoms. The van der Waals surface area contributed by atoms with Gasteiger partial charge in [-0.1, -0.05) is 30.3 Å². The van der Waals surface area contributed by atoms with Gasteiger partial charge in [0.1, 0.15) is 0 Å². The van der Waals surface area contributed by atoms with Crippen molar-refractivity contribution in [2.45, 2.75) is 31.2 Å². The highest BCUT2D eigenvalue weighted by atomic mass is 16.4. The van der Waals surface area contributed by atoms with Crippen molar-refractivity contribution in [3.05, 3.63) is 35.9 Å². The maximum absolute atomic E-state index is 12.4. The van der Waals surface area contributed by atoms with E-state index in [1.165, 1.54) is 5.56 Å². The number of aliphatic carboxylic acids is 1. The monoisotopic (exact) mass is 359 g/mol. The molecule has 0 aromatic heterocycles. The summed E-state index contributed by atoms with van der Waals surface area (Å²) in [6.45, 7) is 1.47. The molecule has 0 bridgehead atoms. The Labute approximate surface area is 153 Å². The number of nitrogens with one attached hydrogen (secondary N) is 1. The van der Waals surface area contributed by atoms with Crippen LogP contribution in [0.4, 0.5) is 4.79 Å². The van der Waals surface area contributed by atoms with Crippen LogP contribution in [0.25, 0.3) is 0 Å². The number of carboxylic acids is 1. The maximum atomic E-state index is 12.4. The van der Waals surface area contributed by atoms with Gasteiger partial charge >= 0.3 is 12.0 Å². The average molecular weight is 359 g/mol. The van der Waals surface area contributed by atoms with E-state index in [-0.39, 0.29) is 18.4 Å². The maximum Gasteiger partial charge on any atom is 0.317 e. The molecule has 2 aliphatic rings. The van der Waals surface area contributed by atoms with Crippen molar-refractivity contribution in [3.8, 4) is 0 Å². The lowest BCUT2D eigenvalue weighted by atomic mass is 9.77. The highest BCUT2D eigenvalue weighted by molar-refractivity contribution is 5.88. The summed E-state index contributed by atoms with van der Waals surface area (Å²) in [4.78, 5) is 39.3. The minimum absolute atomic E-state index is 0.0507. The molecule has 2 N–H and O–H groups in total. The largest absolute Gasteiger partial charge is 0.481 e. The van der Waals surface area contributed by atoms with E-state index >= 15 is 0 Å². The second kappa shape index (κ2) is 7.35. The molecule has 1 aromatic rings. The van der Waals surface area contributed by atoms with Crippen molar-refractivity contribution in [2.24, 2.45) is 5.92 Å². The topological polar surface area (TPSA) is 90.0 Å². The summed E-state index contributed by atoms with van der Waals surface area (Å²) in [7, 11) is 1.68. The molecular formula is C19H25N3O4. The van der Waals surface area contributed by atoms with Crippen LogP contribution in [0.15, 0.2) is 30.3 Å². The number of hydrogen-bond donors (Lipinski definition) is 2. The van der Waals surface area contributed by atoms with Gasteiger partial charge in [0, 0.05) is 33.1 Å². The van der Waals surface area contributed by atoms with Gasteiger partial charge in [-0.15, -0.1) is 0 Å². The number of carbonyl (C=O) groups excluding carboxylic acids is 2. The van der Waals surface area contributed by atoms with E-state index in [1.807, 2.05) is 30.3 Å². The van der Waals surface area contributed by atoms with Crippen LogP contribution in [0, 0.1) is 5.92 Å². The molecule has 2 saturated heterocycles. The number of urea groups is 1. The molecule has 0 radical (unpaired) electrons. The SMILES string of the molecule is CN1C(=O)CC(C(=O)O)C12CCN(C(=O)NCCc1ccccc1)CC2. The third kappa shape index (κ3) is 3.38. The van der Waals surface area contributed by atoms with Crippen LogP contribution in [0.2, 0.25) is 0 Å². The lowest BCUT2D eigenvalue weighted by Crippen LogP contribution is -2.58. The van der Waals surface area contributed by atoms with E-state index in [9.17, 15) is 19.5 Å². The average Bonchev–Trinajstić information content (AvgIpc) is 2.88. The molecule has 140 valence electrons. The first-order valence-corrected chi connectivity index (χ1v) is 9.00. The van der Waals surface area contributed by atoms with Crippen molar-refractivity contribution in [1.29, 1.82) is 0 Å². The second-order valence-electron chi connectivity index (χ2n) is 7.11. The summed E-state index contributed by atoms with van der Waals surface area (Å²) in [5.41, 5.74) is 0.504. The Hall–Kier alpha value is -2.57. The zero-order valence-electron chi connectivity index (χ0n) is 15.0. The van der Waals surface area contributed by atoms with Gasteiger partial charge < -0.3 is 20.2 Å². The fourth-order valence-corrected chi connectivity index (χ4v) is 4.15. The molecule has 1 unspecified atom stereocenters. The summed E-state index contributed by atoms with van der Waals surface area (Å²) in [5.74, 6) is -1.75. The Morgan fingerprint density at radius 3 is 2.50 bits per heavy atom. The molecular weight excluding hydrogens is 334 g/mol. The lowest BCUT2D eigenvalue weighted by Gasteiger charge is -2.45. The molecule has 2 aliphatic heterocycles. The zero-order valence-corrected chi connectivity index (χ0v) is 15.0. The predicted octanol–water partition coefficient (Wildman–Crippen LogP) is 1.34. The summed E-state index contributed by atoms with van der Waals surface area (Å²) in [6, 6.07) is 9.82. The quantitative estimate of drug-likeness (QED) is 0.849. The number of hydrogen-bond acceptors (Lipinski definition) is 3. The van der Waals surface area contributed by atoms with Crippen molar-refractivity contribution in [1.82, 2.24) is 15.1 Å². The standard InChI is InChI=1S/C19H25N3O4/c1-21-16(23)13-15(17(24)25)19(21)8-11-22(12-9-19)18(26)20-10-7-14-5-3-2-4-6-14/h2-6,15H,7-13H2,1H3,(H,20,26)(H,24,25). The van der Waals surface area contributed by atoms with E-state index < -0.39 is 17.4 Å². The van der Waals surface area contributed by atoms with Crippen molar-refractivity contribution < 1.29 is 19.5 Å². The van der Waals surface area contributed by atoms with E-state index in [1.54, 1.807) is 16.8 Å². The third-order valence-electron chi connectivity index (χ3n) is 5.82. The van der Waals surface area contributed by atoms with Crippen LogP contribution in [0.3, 0.4) is 0 Å². The number of likely N-dealkylation sites (tertiary alicyclic amines) is 2. The molecule has 26 heavy (non-hydrogen) atoms. The van der Waals surface area contributed by atoms with Gasteiger partial charge in [-0.25, -0.2) is 4.79 Å². The molecule has 0 aliphatic carbocycles. The summed E-state index contributed by atoms with van der Waals surface area (Å²) < 4.78 is 0. The highest BCUT2D eigenvalue weighted by Crippen LogP contribution is 2.42. The normalized spacial score (nSPS) is 21.9. The number of piperidine rings is 1. The van der Waals surface area contributed by atoms with Crippen molar-refractivity contribution in [2.75, 3.05) is 26.7 Å². The Kier molecular flexibility index (Phi) is 5.15. The lowest BCUT2D eigenvalue weighted by molar-refractivity contribution is -0.145. The van der Waals surface area contributed by atoms with Gasteiger partial charge in [0.05, 0.1) is 11.5 Å². The van der Waals surface area contributed by atoms with E-state index in [0.717, 1.165) is 6.42 Å². The van der Waals surface area contributed by atoms with Crippen LogP contribution < -0.4 is 5.32 Å². The molecule has 1 spiro atoms. The summed E-state index contributed by atoms with van der Waals surface area (Å²) >= 11 is 0. The Bertz CT molecular complexity index is 683. The van der Waals surface area contributed by atoms with Crippen LogP contribution in [0.5, 0.6) is 0 Å². The van der Waals surface area contributed by atoms with Crippen LogP contribution in [-0.4, -0.2) is 65.0 Å². The van der Waals surface area contributed by atoms with E-state index in [0.29, 0.717) is 32.5 Å². The van der Waals surface area contributed by atoms with E-state index in [4.69, 9.17) is 0 Å². The Morgan fingerprint density at radius 1 is 1.23 bits per heavy atom. The van der Waals surface area contributed by atoms with Gasteiger partial charge in [0.25, 0.3) is 0 Å². The molecule has 3 amide bonds. The molecule has 7 nitrogen and oxygen atoms in total. The van der Waals surface area contributed by atoms with E-state index in [2.05, 4.69) is 5.32 Å². The van der Waals surface area contributed by atoms with Gasteiger partial charge in [-0.3, -0.25) is 9.59 Å². The van der Waals surface area contributed by atoms with Crippen molar-refractivity contribution in [3.63, 3.8) is 0 Å². The second-order valence-corrected chi connectivity index (χ2v) is 7.11. The molecule has 1 aromatic carbocycles. The fourth-order valence-electron chi connectivity index (χ4n) is 4.15. The molecule has 3 rings (SSSR count). The van der Waals surface area contributed by atoms with Gasteiger partial charge in [0.15, 0.2) is 0 Å². The Morgan fingerprint density at radius 2 is 1.88 bits per heavy atom. The number of nitrogens with zero attached hydrogens (tertiary/aromatic N) is 2. The summed E-state index contributed by atoms with van der Waals surface area (Å²) in [5, 5.41) is 12.4. The number of carbonyl (C=O) groups is 3. The molecule has 0 saturated carbocycles. The van der Waals surface area contributed by atoms with Crippen molar-refractivity contribution >= 4 is 17.9 Å². The molecule has 2 fully saturated rings. The van der Waals surface area contributed by atoms with Gasteiger partial charge in [-0.2, -0.15) is 0 Å². The zero-order chi connectivity index (χ0) is 18.7. The van der Waals surface area contributed by atoms with Gasteiger partial charge in [-0.05, 0) is 24.8 Å². The van der Waals surface area contributed by atoms with Crippen LogP contribution in [-0.2, 0) is 16.0 Å². The summed E-state index contributed by atoms with van der Waals surface area (Å²) in [6.07, 6.45) is 1.81. The number of benzene rings is 1. The first kappa shape index (κ1) is 18.2. The first-order valence-electron chi connectivity index (χ1n) is 9.00. The Balaban J connectivity index is 1.53. The van der Waals surface area contributed by atoms with Crippen LogP contribution in [0.1, 0.15) is 24.8 Å². The van der Waals surface area contributed by atoms with Gasteiger partial charge in [0.2, 0.25) is 5.91 Å². The number of rotatable bonds is 4. The van der Waals surface area contributed by atoms with Crippen LogP contribution >= 0.6 is 0 Å². The number of amides is 3. The molecule has 2 heterocycles. The number of carboxylic acid groups (broad SMARTS) is 1.